The number of halogens is 1. The summed E-state index contributed by atoms with van der Waals surface area (Å²) in [7, 11) is 0. The summed E-state index contributed by atoms with van der Waals surface area (Å²) in [6.07, 6.45) is 8.51. The Morgan fingerprint density at radius 2 is 1.87 bits per heavy atom. The van der Waals surface area contributed by atoms with Gasteiger partial charge in [-0.3, -0.25) is 4.90 Å². The predicted octanol–water partition coefficient (Wildman–Crippen LogP) is 4.12. The van der Waals surface area contributed by atoms with Crippen LogP contribution in [0.5, 0.6) is 0 Å². The van der Waals surface area contributed by atoms with E-state index in [1.807, 2.05) is 0 Å². The highest BCUT2D eigenvalue weighted by molar-refractivity contribution is 6.32. The molecule has 1 N–H and O–H groups in total. The number of anilines is 1. The van der Waals surface area contributed by atoms with E-state index < -0.39 is 0 Å². The smallest absolute Gasteiger partial charge is 0.148 e. The van der Waals surface area contributed by atoms with Gasteiger partial charge in [0.2, 0.25) is 0 Å². The molecule has 4 nitrogen and oxygen atoms in total. The van der Waals surface area contributed by atoms with Gasteiger partial charge in [0, 0.05) is 13.1 Å². The summed E-state index contributed by atoms with van der Waals surface area (Å²) in [5, 5.41) is 3.82. The van der Waals surface area contributed by atoms with Crippen LogP contribution in [-0.2, 0) is 13.1 Å². The second-order valence-electron chi connectivity index (χ2n) is 6.08. The molecular weight excluding hydrogens is 308 g/mol. The number of aromatic nitrogens is 2. The summed E-state index contributed by atoms with van der Waals surface area (Å²) < 4.78 is 0. The second-order valence-corrected chi connectivity index (χ2v) is 6.49. The lowest BCUT2D eigenvalue weighted by Gasteiger charge is -2.20. The van der Waals surface area contributed by atoms with Crippen molar-refractivity contribution in [3.8, 4) is 0 Å². The Hall–Kier alpha value is -1.65. The van der Waals surface area contributed by atoms with Crippen LogP contribution in [0.15, 0.2) is 36.8 Å². The van der Waals surface area contributed by atoms with Crippen LogP contribution in [-0.4, -0.2) is 28.0 Å². The lowest BCUT2D eigenvalue weighted by Crippen LogP contribution is -2.24. The molecule has 5 heteroatoms. The van der Waals surface area contributed by atoms with Gasteiger partial charge in [0.1, 0.15) is 17.2 Å². The zero-order valence-corrected chi connectivity index (χ0v) is 14.1. The van der Waals surface area contributed by atoms with Crippen LogP contribution in [0.25, 0.3) is 0 Å². The van der Waals surface area contributed by atoms with Gasteiger partial charge in [-0.2, -0.15) is 0 Å². The van der Waals surface area contributed by atoms with Gasteiger partial charge in [-0.15, -0.1) is 0 Å². The Morgan fingerprint density at radius 3 is 2.65 bits per heavy atom. The van der Waals surface area contributed by atoms with Crippen molar-refractivity contribution >= 4 is 17.4 Å². The number of benzene rings is 1. The van der Waals surface area contributed by atoms with Crippen molar-refractivity contribution in [3.63, 3.8) is 0 Å². The summed E-state index contributed by atoms with van der Waals surface area (Å²) >= 11 is 6.07. The maximum atomic E-state index is 6.07. The number of nitrogens with one attached hydrogen (secondary N) is 1. The Bertz CT molecular complexity index is 624. The summed E-state index contributed by atoms with van der Waals surface area (Å²) in [5.41, 5.74) is 2.62. The Kier molecular flexibility index (Phi) is 5.83. The van der Waals surface area contributed by atoms with Gasteiger partial charge in [-0.25, -0.2) is 9.97 Å². The van der Waals surface area contributed by atoms with Crippen LogP contribution in [0, 0.1) is 0 Å². The van der Waals surface area contributed by atoms with Crippen molar-refractivity contribution in [1.29, 1.82) is 0 Å². The van der Waals surface area contributed by atoms with Gasteiger partial charge >= 0.3 is 0 Å². The van der Waals surface area contributed by atoms with Crippen LogP contribution < -0.4 is 5.32 Å². The van der Waals surface area contributed by atoms with Gasteiger partial charge < -0.3 is 5.32 Å². The zero-order valence-electron chi connectivity index (χ0n) is 13.3. The first kappa shape index (κ1) is 16.2. The molecule has 1 aliphatic rings. The molecule has 0 spiro atoms. The second kappa shape index (κ2) is 8.27. The third-order valence-electron chi connectivity index (χ3n) is 4.22. The Balaban J connectivity index is 1.59. The standard InChI is InChI=1S/C18H23ClN4/c19-17-12-20-14-22-18(17)21-11-15-6-5-7-16(10-15)13-23-8-3-1-2-4-9-23/h5-7,10,12,14H,1-4,8-9,11,13H2,(H,20,21,22). The van der Waals surface area contributed by atoms with E-state index in [1.165, 1.54) is 56.2 Å². The summed E-state index contributed by atoms with van der Waals surface area (Å²) in [5.74, 6) is 0.680. The topological polar surface area (TPSA) is 41.1 Å². The normalized spacial score (nSPS) is 16.0. The molecule has 0 amide bonds. The molecule has 23 heavy (non-hydrogen) atoms. The molecule has 1 fully saturated rings. The highest BCUT2D eigenvalue weighted by Gasteiger charge is 2.09. The summed E-state index contributed by atoms with van der Waals surface area (Å²) in [6.45, 7) is 4.20. The van der Waals surface area contributed by atoms with Crippen LogP contribution in [0.3, 0.4) is 0 Å². The molecule has 1 saturated heterocycles. The van der Waals surface area contributed by atoms with Gasteiger partial charge in [0.05, 0.1) is 6.20 Å². The highest BCUT2D eigenvalue weighted by atomic mass is 35.5. The predicted molar refractivity (Wildman–Crippen MR) is 94.6 cm³/mol. The lowest BCUT2D eigenvalue weighted by molar-refractivity contribution is 0.277. The van der Waals surface area contributed by atoms with E-state index in [0.29, 0.717) is 17.4 Å². The molecule has 1 aliphatic heterocycles. The molecule has 3 rings (SSSR count). The van der Waals surface area contributed by atoms with Crippen molar-refractivity contribution in [2.24, 2.45) is 0 Å². The van der Waals surface area contributed by atoms with Crippen molar-refractivity contribution in [2.75, 3.05) is 18.4 Å². The van der Waals surface area contributed by atoms with E-state index in [1.54, 1.807) is 6.20 Å². The van der Waals surface area contributed by atoms with E-state index in [4.69, 9.17) is 11.6 Å². The number of likely N-dealkylation sites (tertiary alicyclic amines) is 1. The maximum absolute atomic E-state index is 6.07. The first-order valence-electron chi connectivity index (χ1n) is 8.31. The first-order chi connectivity index (χ1) is 11.3. The van der Waals surface area contributed by atoms with Crippen LogP contribution in [0.1, 0.15) is 36.8 Å². The minimum atomic E-state index is 0.549. The molecule has 0 aliphatic carbocycles. The lowest BCUT2D eigenvalue weighted by atomic mass is 10.1. The van der Waals surface area contributed by atoms with Crippen LogP contribution in [0.4, 0.5) is 5.82 Å². The van der Waals surface area contributed by atoms with Gasteiger partial charge in [0.25, 0.3) is 0 Å². The largest absolute Gasteiger partial charge is 0.365 e. The number of nitrogens with zero attached hydrogens (tertiary/aromatic N) is 3. The summed E-state index contributed by atoms with van der Waals surface area (Å²) in [4.78, 5) is 10.6. The summed E-state index contributed by atoms with van der Waals surface area (Å²) in [6, 6.07) is 8.75. The number of hydrogen-bond acceptors (Lipinski definition) is 4. The molecule has 122 valence electrons. The number of rotatable bonds is 5. The van der Waals surface area contributed by atoms with Crippen molar-refractivity contribution in [1.82, 2.24) is 14.9 Å². The van der Waals surface area contributed by atoms with Crippen molar-refractivity contribution in [3.05, 3.63) is 52.9 Å². The fourth-order valence-corrected chi connectivity index (χ4v) is 3.19. The molecular formula is C18H23ClN4. The molecule has 0 atom stereocenters. The minimum absolute atomic E-state index is 0.549. The number of hydrogen-bond donors (Lipinski definition) is 1. The van der Waals surface area contributed by atoms with E-state index in [-0.39, 0.29) is 0 Å². The van der Waals surface area contributed by atoms with Crippen LogP contribution >= 0.6 is 11.6 Å². The van der Waals surface area contributed by atoms with Gasteiger partial charge in [-0.1, -0.05) is 48.7 Å². The quantitative estimate of drug-likeness (QED) is 0.895. The van der Waals surface area contributed by atoms with E-state index >= 15 is 0 Å². The van der Waals surface area contributed by atoms with Crippen molar-refractivity contribution in [2.45, 2.75) is 38.8 Å². The Labute approximate surface area is 142 Å². The molecule has 0 radical (unpaired) electrons. The van der Waals surface area contributed by atoms with Gasteiger partial charge in [0.15, 0.2) is 0 Å². The Morgan fingerprint density at radius 1 is 1.09 bits per heavy atom. The first-order valence-corrected chi connectivity index (χ1v) is 8.68. The average molecular weight is 331 g/mol. The van der Waals surface area contributed by atoms with E-state index in [0.717, 1.165) is 6.54 Å². The highest BCUT2D eigenvalue weighted by Crippen LogP contribution is 2.18. The SMILES string of the molecule is Clc1cncnc1NCc1cccc(CN2CCCCCC2)c1. The molecule has 1 aromatic heterocycles. The average Bonchev–Trinajstić information content (AvgIpc) is 2.83. The molecule has 2 heterocycles. The molecule has 0 bridgehead atoms. The zero-order chi connectivity index (χ0) is 15.9. The van der Waals surface area contributed by atoms with Gasteiger partial charge in [-0.05, 0) is 37.1 Å². The molecule has 2 aromatic rings. The molecule has 0 unspecified atom stereocenters. The van der Waals surface area contributed by atoms with Crippen molar-refractivity contribution < 1.29 is 0 Å². The third-order valence-corrected chi connectivity index (χ3v) is 4.50. The minimum Gasteiger partial charge on any atom is -0.365 e. The fraction of sp³-hybridized carbons (Fsp3) is 0.444. The van der Waals surface area contributed by atoms with Crippen LogP contribution in [0.2, 0.25) is 5.02 Å². The molecule has 1 aromatic carbocycles. The monoisotopic (exact) mass is 330 g/mol. The fourth-order valence-electron chi connectivity index (χ4n) is 3.02. The van der Waals surface area contributed by atoms with E-state index in [2.05, 4.69) is 44.5 Å². The maximum Gasteiger partial charge on any atom is 0.148 e. The third kappa shape index (κ3) is 4.91. The molecule has 0 saturated carbocycles. The van der Waals surface area contributed by atoms with E-state index in [9.17, 15) is 0 Å².